The molecule has 94 valence electrons. The summed E-state index contributed by atoms with van der Waals surface area (Å²) in [7, 11) is 1.74. The summed E-state index contributed by atoms with van der Waals surface area (Å²) in [6, 6.07) is 5.77. The molecule has 1 saturated heterocycles. The van der Waals surface area contributed by atoms with Gasteiger partial charge in [0.05, 0.1) is 11.7 Å². The van der Waals surface area contributed by atoms with E-state index in [4.69, 9.17) is 4.74 Å². The molecule has 1 N–H and O–H groups in total. The summed E-state index contributed by atoms with van der Waals surface area (Å²) < 4.78 is 5.37. The Bertz CT molecular complexity index is 527. The van der Waals surface area contributed by atoms with Crippen molar-refractivity contribution in [2.75, 3.05) is 18.6 Å². The van der Waals surface area contributed by atoms with Gasteiger partial charge in [-0.05, 0) is 24.1 Å². The zero-order valence-corrected chi connectivity index (χ0v) is 10.1. The topological polar surface area (TPSA) is 58.6 Å². The fourth-order valence-electron chi connectivity index (χ4n) is 2.37. The Kier molecular flexibility index (Phi) is 2.47. The number of carbonyl (C=O) groups excluding carboxylic acids is 2. The van der Waals surface area contributed by atoms with Crippen LogP contribution in [0.5, 0.6) is 5.75 Å². The molecule has 5 nitrogen and oxygen atoms in total. The molecule has 2 aliphatic heterocycles. The van der Waals surface area contributed by atoms with Gasteiger partial charge in [0.15, 0.2) is 6.61 Å². The molecular formula is C13H14N2O3. The highest BCUT2D eigenvalue weighted by atomic mass is 16.5. The number of likely N-dealkylation sites (N-methyl/N-ethyl adjacent to an activating group) is 1. The predicted octanol–water partition coefficient (Wildman–Crippen LogP) is 0.993. The van der Waals surface area contributed by atoms with E-state index >= 15 is 0 Å². The molecule has 1 fully saturated rings. The number of carbonyl (C=O) groups is 2. The van der Waals surface area contributed by atoms with Crippen molar-refractivity contribution in [3.63, 3.8) is 0 Å². The van der Waals surface area contributed by atoms with Gasteiger partial charge < -0.3 is 15.0 Å². The molecule has 0 saturated carbocycles. The Morgan fingerprint density at radius 2 is 2.22 bits per heavy atom. The van der Waals surface area contributed by atoms with E-state index in [1.165, 1.54) is 0 Å². The smallest absolute Gasteiger partial charge is 0.264 e. The van der Waals surface area contributed by atoms with E-state index < -0.39 is 0 Å². The highest BCUT2D eigenvalue weighted by Gasteiger charge is 2.26. The van der Waals surface area contributed by atoms with Gasteiger partial charge in [-0.25, -0.2) is 0 Å². The third kappa shape index (κ3) is 1.72. The average molecular weight is 246 g/mol. The van der Waals surface area contributed by atoms with E-state index in [0.717, 1.165) is 17.7 Å². The van der Waals surface area contributed by atoms with Crippen molar-refractivity contribution in [1.82, 2.24) is 5.32 Å². The Morgan fingerprint density at radius 1 is 1.39 bits per heavy atom. The van der Waals surface area contributed by atoms with Crippen molar-refractivity contribution in [3.05, 3.63) is 23.8 Å². The van der Waals surface area contributed by atoms with Gasteiger partial charge in [0.2, 0.25) is 5.91 Å². The van der Waals surface area contributed by atoms with E-state index in [-0.39, 0.29) is 24.5 Å². The first-order chi connectivity index (χ1) is 8.65. The molecule has 0 spiro atoms. The third-order valence-electron chi connectivity index (χ3n) is 3.47. The standard InChI is InChI=1S/C13H14N2O3/c1-15-10-6-8(9-3-5-12(16)14-9)2-4-11(10)18-7-13(15)17/h2,4,6,9H,3,5,7H2,1H3,(H,14,16). The maximum absolute atomic E-state index is 11.6. The van der Waals surface area contributed by atoms with Gasteiger partial charge in [0.25, 0.3) is 5.91 Å². The summed E-state index contributed by atoms with van der Waals surface area (Å²) in [5, 5.41) is 2.92. The van der Waals surface area contributed by atoms with Crippen molar-refractivity contribution >= 4 is 17.5 Å². The molecular weight excluding hydrogens is 232 g/mol. The number of amides is 2. The number of anilines is 1. The number of ether oxygens (including phenoxy) is 1. The Balaban J connectivity index is 1.95. The molecule has 0 bridgehead atoms. The van der Waals surface area contributed by atoms with Crippen molar-refractivity contribution in [2.45, 2.75) is 18.9 Å². The van der Waals surface area contributed by atoms with Gasteiger partial charge in [-0.3, -0.25) is 9.59 Å². The van der Waals surface area contributed by atoms with Gasteiger partial charge in [-0.15, -0.1) is 0 Å². The van der Waals surface area contributed by atoms with E-state index in [1.807, 2.05) is 18.2 Å². The molecule has 2 aliphatic rings. The minimum Gasteiger partial charge on any atom is -0.482 e. The normalized spacial score (nSPS) is 22.5. The third-order valence-corrected chi connectivity index (χ3v) is 3.47. The highest BCUT2D eigenvalue weighted by Crippen LogP contribution is 2.35. The van der Waals surface area contributed by atoms with Gasteiger partial charge >= 0.3 is 0 Å². The van der Waals surface area contributed by atoms with Crippen LogP contribution in [-0.4, -0.2) is 25.5 Å². The minimum absolute atomic E-state index is 0.0493. The first kappa shape index (κ1) is 11.1. The Labute approximate surface area is 105 Å². The summed E-state index contributed by atoms with van der Waals surface area (Å²) in [6.45, 7) is 0.0863. The summed E-state index contributed by atoms with van der Waals surface area (Å²) in [4.78, 5) is 24.4. The van der Waals surface area contributed by atoms with E-state index in [0.29, 0.717) is 12.2 Å². The molecule has 2 heterocycles. The first-order valence-corrected chi connectivity index (χ1v) is 5.98. The second kappa shape index (κ2) is 4.01. The predicted molar refractivity (Wildman–Crippen MR) is 65.5 cm³/mol. The van der Waals surface area contributed by atoms with Crippen molar-refractivity contribution in [3.8, 4) is 5.75 Å². The number of benzene rings is 1. The highest BCUT2D eigenvalue weighted by molar-refractivity contribution is 5.97. The quantitative estimate of drug-likeness (QED) is 0.804. The van der Waals surface area contributed by atoms with Crippen LogP contribution in [0.3, 0.4) is 0 Å². The number of hydrogen-bond acceptors (Lipinski definition) is 3. The maximum atomic E-state index is 11.6. The number of rotatable bonds is 1. The molecule has 2 amide bonds. The average Bonchev–Trinajstić information content (AvgIpc) is 2.80. The molecule has 1 aromatic carbocycles. The number of hydrogen-bond donors (Lipinski definition) is 1. The van der Waals surface area contributed by atoms with Crippen LogP contribution >= 0.6 is 0 Å². The second-order valence-corrected chi connectivity index (χ2v) is 4.63. The van der Waals surface area contributed by atoms with Crippen LogP contribution in [0.1, 0.15) is 24.4 Å². The fraction of sp³-hybridized carbons (Fsp3) is 0.385. The van der Waals surface area contributed by atoms with Gasteiger partial charge in [-0.1, -0.05) is 6.07 Å². The molecule has 5 heteroatoms. The molecule has 1 unspecified atom stereocenters. The Morgan fingerprint density at radius 3 is 2.94 bits per heavy atom. The van der Waals surface area contributed by atoms with Crippen LogP contribution in [0.25, 0.3) is 0 Å². The van der Waals surface area contributed by atoms with E-state index in [9.17, 15) is 9.59 Å². The fourth-order valence-corrected chi connectivity index (χ4v) is 2.37. The second-order valence-electron chi connectivity index (χ2n) is 4.63. The zero-order valence-electron chi connectivity index (χ0n) is 10.1. The van der Waals surface area contributed by atoms with Crippen molar-refractivity contribution in [2.24, 2.45) is 0 Å². The monoisotopic (exact) mass is 246 g/mol. The number of nitrogens with zero attached hydrogens (tertiary/aromatic N) is 1. The van der Waals surface area contributed by atoms with Gasteiger partial charge in [0.1, 0.15) is 5.75 Å². The Hall–Kier alpha value is -2.04. The van der Waals surface area contributed by atoms with Crippen LogP contribution in [-0.2, 0) is 9.59 Å². The van der Waals surface area contributed by atoms with Crippen LogP contribution in [0.15, 0.2) is 18.2 Å². The lowest BCUT2D eigenvalue weighted by molar-refractivity contribution is -0.121. The molecule has 0 aliphatic carbocycles. The van der Waals surface area contributed by atoms with Crippen molar-refractivity contribution in [1.29, 1.82) is 0 Å². The molecule has 18 heavy (non-hydrogen) atoms. The molecule has 0 aromatic heterocycles. The summed E-state index contributed by atoms with van der Waals surface area (Å²) in [5.74, 6) is 0.735. The van der Waals surface area contributed by atoms with Crippen LogP contribution < -0.4 is 15.0 Å². The van der Waals surface area contributed by atoms with Crippen LogP contribution in [0, 0.1) is 0 Å². The van der Waals surface area contributed by atoms with Crippen LogP contribution in [0.4, 0.5) is 5.69 Å². The zero-order chi connectivity index (χ0) is 12.7. The summed E-state index contributed by atoms with van der Waals surface area (Å²) >= 11 is 0. The SMILES string of the molecule is CN1C(=O)COc2ccc(C3CCC(=O)N3)cc21. The van der Waals surface area contributed by atoms with Gasteiger partial charge in [-0.2, -0.15) is 0 Å². The lowest BCUT2D eigenvalue weighted by Gasteiger charge is -2.27. The summed E-state index contributed by atoms with van der Waals surface area (Å²) in [5.41, 5.74) is 1.79. The molecule has 1 atom stereocenters. The lowest BCUT2D eigenvalue weighted by Crippen LogP contribution is -2.35. The largest absolute Gasteiger partial charge is 0.482 e. The van der Waals surface area contributed by atoms with Gasteiger partial charge in [0, 0.05) is 13.5 Å². The minimum atomic E-state index is -0.0601. The first-order valence-electron chi connectivity index (χ1n) is 5.98. The molecule has 0 radical (unpaired) electrons. The van der Waals surface area contributed by atoms with Crippen molar-refractivity contribution < 1.29 is 14.3 Å². The number of nitrogens with one attached hydrogen (secondary N) is 1. The van der Waals surface area contributed by atoms with Crippen LogP contribution in [0.2, 0.25) is 0 Å². The van der Waals surface area contributed by atoms with E-state index in [2.05, 4.69) is 5.32 Å². The maximum Gasteiger partial charge on any atom is 0.264 e. The molecule has 3 rings (SSSR count). The lowest BCUT2D eigenvalue weighted by atomic mass is 10.0. The van der Waals surface area contributed by atoms with E-state index in [1.54, 1.807) is 11.9 Å². The number of fused-ring (bicyclic) bond motifs is 1. The molecule has 1 aromatic rings. The summed E-state index contributed by atoms with van der Waals surface area (Å²) in [6.07, 6.45) is 1.36.